The number of carbonyl (C=O) groups excluding carboxylic acids is 2. The average Bonchev–Trinajstić information content (AvgIpc) is 2.71. The van der Waals surface area contributed by atoms with E-state index in [1.807, 2.05) is 13.0 Å². The molecule has 2 heterocycles. The monoisotopic (exact) mass is 410 g/mol. The van der Waals surface area contributed by atoms with Crippen molar-refractivity contribution in [1.82, 2.24) is 15.3 Å². The molecule has 9 heteroatoms. The lowest BCUT2D eigenvalue weighted by Gasteiger charge is -2.15. The number of halogens is 1. The van der Waals surface area contributed by atoms with Crippen LogP contribution in [0.4, 0.5) is 27.7 Å². The minimum absolute atomic E-state index is 0.273. The summed E-state index contributed by atoms with van der Waals surface area (Å²) in [4.78, 5) is 32.7. The summed E-state index contributed by atoms with van der Waals surface area (Å²) >= 11 is 6.23. The fourth-order valence-electron chi connectivity index (χ4n) is 2.47. The van der Waals surface area contributed by atoms with Gasteiger partial charge in [-0.25, -0.2) is 9.78 Å². The van der Waals surface area contributed by atoms with Gasteiger partial charge in [0.2, 0.25) is 0 Å². The molecule has 0 atom stereocenters. The molecule has 0 aliphatic rings. The molecule has 0 unspecified atom stereocenters. The third-order valence-electron chi connectivity index (χ3n) is 3.79. The van der Waals surface area contributed by atoms with Crippen LogP contribution in [-0.2, 0) is 0 Å². The first-order valence-electron chi connectivity index (χ1n) is 8.84. The number of hydrogen-bond acceptors (Lipinski definition) is 5. The Bertz CT molecular complexity index is 1010. The van der Waals surface area contributed by atoms with Crippen LogP contribution in [0.1, 0.15) is 17.3 Å². The smallest absolute Gasteiger partial charge is 0.320 e. The highest BCUT2D eigenvalue weighted by Crippen LogP contribution is 2.28. The van der Waals surface area contributed by atoms with Crippen molar-refractivity contribution in [2.75, 3.05) is 22.5 Å². The summed E-state index contributed by atoms with van der Waals surface area (Å²) in [6.07, 6.45) is 4.54. The maximum absolute atomic E-state index is 12.8. The van der Waals surface area contributed by atoms with Crippen molar-refractivity contribution < 1.29 is 9.59 Å². The molecule has 0 bridgehead atoms. The van der Waals surface area contributed by atoms with E-state index < -0.39 is 6.03 Å². The third-order valence-corrected chi connectivity index (χ3v) is 4.12. The Kier molecular flexibility index (Phi) is 6.59. The molecule has 0 spiro atoms. The maximum atomic E-state index is 12.8. The molecule has 3 rings (SSSR count). The number of carbonyl (C=O) groups is 2. The maximum Gasteiger partial charge on any atom is 0.320 e. The number of aromatic nitrogens is 2. The van der Waals surface area contributed by atoms with E-state index in [1.54, 1.807) is 42.6 Å². The number of rotatable bonds is 6. The predicted octanol–water partition coefficient (Wildman–Crippen LogP) is 4.27. The van der Waals surface area contributed by atoms with Crippen LogP contribution in [-0.4, -0.2) is 28.5 Å². The normalized spacial score (nSPS) is 10.1. The molecule has 8 nitrogen and oxygen atoms in total. The Balaban J connectivity index is 1.92. The van der Waals surface area contributed by atoms with Crippen LogP contribution in [0.5, 0.6) is 0 Å². The lowest BCUT2D eigenvalue weighted by atomic mass is 10.2. The van der Waals surface area contributed by atoms with Crippen molar-refractivity contribution >= 4 is 46.4 Å². The van der Waals surface area contributed by atoms with Crippen molar-refractivity contribution in [3.05, 3.63) is 71.6 Å². The summed E-state index contributed by atoms with van der Waals surface area (Å²) in [7, 11) is 0. The van der Waals surface area contributed by atoms with Gasteiger partial charge < -0.3 is 16.0 Å². The second-order valence-corrected chi connectivity index (χ2v) is 6.31. The van der Waals surface area contributed by atoms with Gasteiger partial charge in [-0.15, -0.1) is 0 Å². The van der Waals surface area contributed by atoms with Gasteiger partial charge in [0.15, 0.2) is 0 Å². The van der Waals surface area contributed by atoms with Crippen molar-refractivity contribution in [2.24, 2.45) is 0 Å². The van der Waals surface area contributed by atoms with Crippen molar-refractivity contribution in [1.29, 1.82) is 0 Å². The molecule has 3 amide bonds. The second kappa shape index (κ2) is 9.52. The quantitative estimate of drug-likeness (QED) is 0.485. The van der Waals surface area contributed by atoms with Gasteiger partial charge in [-0.2, -0.15) is 0 Å². The van der Waals surface area contributed by atoms with Gasteiger partial charge in [0, 0.05) is 25.0 Å². The van der Waals surface area contributed by atoms with Gasteiger partial charge in [-0.05, 0) is 31.2 Å². The highest BCUT2D eigenvalue weighted by molar-refractivity contribution is 6.33. The fraction of sp³-hybridized carbons (Fsp3) is 0.100. The molecule has 0 fully saturated rings. The van der Waals surface area contributed by atoms with Gasteiger partial charge in [0.25, 0.3) is 5.91 Å². The Morgan fingerprint density at radius 2 is 1.86 bits per heavy atom. The molecule has 0 saturated heterocycles. The lowest BCUT2D eigenvalue weighted by Crippen LogP contribution is -2.28. The van der Waals surface area contributed by atoms with Crippen LogP contribution in [0.2, 0.25) is 5.02 Å². The standard InChI is InChI=1S/C20H19ClN6O2/c1-2-23-20(29)27-18-10-17(26-16-8-4-3-7-15(16)21)14(12-24-18)19(28)25-13-6-5-9-22-11-13/h3-12H,2H2,1H3,(H,25,28)(H3,23,24,26,27,29). The van der Waals surface area contributed by atoms with Gasteiger partial charge >= 0.3 is 6.03 Å². The summed E-state index contributed by atoms with van der Waals surface area (Å²) in [6.45, 7) is 2.28. The third kappa shape index (κ3) is 5.43. The summed E-state index contributed by atoms with van der Waals surface area (Å²) < 4.78 is 0. The van der Waals surface area contributed by atoms with E-state index in [0.717, 1.165) is 0 Å². The van der Waals surface area contributed by atoms with E-state index in [-0.39, 0.29) is 17.3 Å². The molecule has 0 saturated carbocycles. The highest BCUT2D eigenvalue weighted by atomic mass is 35.5. The van der Waals surface area contributed by atoms with Gasteiger partial charge in [-0.3, -0.25) is 15.1 Å². The van der Waals surface area contributed by atoms with E-state index in [4.69, 9.17) is 11.6 Å². The molecule has 29 heavy (non-hydrogen) atoms. The van der Waals surface area contributed by atoms with Crippen LogP contribution in [0.25, 0.3) is 0 Å². The zero-order valence-electron chi connectivity index (χ0n) is 15.6. The molecular weight excluding hydrogens is 392 g/mol. The number of amides is 3. The topological polar surface area (TPSA) is 108 Å². The first-order valence-corrected chi connectivity index (χ1v) is 9.22. The van der Waals surface area contributed by atoms with Crippen molar-refractivity contribution in [2.45, 2.75) is 6.92 Å². The molecule has 1 aromatic carbocycles. The molecule has 0 aliphatic heterocycles. The summed E-state index contributed by atoms with van der Waals surface area (Å²) in [5, 5.41) is 11.6. The first-order chi connectivity index (χ1) is 14.1. The molecule has 4 N–H and O–H groups in total. The number of para-hydroxylation sites is 1. The SMILES string of the molecule is CCNC(=O)Nc1cc(Nc2ccccc2Cl)c(C(=O)Nc2cccnc2)cn1. The molecule has 0 radical (unpaired) electrons. The number of nitrogens with one attached hydrogen (secondary N) is 4. The van der Waals surface area contributed by atoms with Crippen molar-refractivity contribution in [3.8, 4) is 0 Å². The Morgan fingerprint density at radius 3 is 2.59 bits per heavy atom. The van der Waals surface area contributed by atoms with Crippen LogP contribution in [0.15, 0.2) is 61.1 Å². The van der Waals surface area contributed by atoms with Gasteiger partial charge in [0.05, 0.1) is 33.8 Å². The average molecular weight is 411 g/mol. The highest BCUT2D eigenvalue weighted by Gasteiger charge is 2.16. The Labute approximate surface area is 172 Å². The minimum atomic E-state index is -0.392. The lowest BCUT2D eigenvalue weighted by molar-refractivity contribution is 0.102. The van der Waals surface area contributed by atoms with Crippen LogP contribution in [0.3, 0.4) is 0 Å². The predicted molar refractivity (Wildman–Crippen MR) is 114 cm³/mol. The number of benzene rings is 1. The van der Waals surface area contributed by atoms with E-state index in [0.29, 0.717) is 28.6 Å². The van der Waals surface area contributed by atoms with E-state index in [2.05, 4.69) is 31.2 Å². The zero-order valence-corrected chi connectivity index (χ0v) is 16.3. The summed E-state index contributed by atoms with van der Waals surface area (Å²) in [5.74, 6) is -0.104. The van der Waals surface area contributed by atoms with Crippen LogP contribution in [0, 0.1) is 0 Å². The summed E-state index contributed by atoms with van der Waals surface area (Å²) in [6, 6.07) is 11.8. The van der Waals surface area contributed by atoms with Gasteiger partial charge in [-0.1, -0.05) is 23.7 Å². The number of pyridine rings is 2. The molecule has 148 valence electrons. The van der Waals surface area contributed by atoms with E-state index in [1.165, 1.54) is 12.4 Å². The van der Waals surface area contributed by atoms with Crippen LogP contribution < -0.4 is 21.3 Å². The second-order valence-electron chi connectivity index (χ2n) is 5.90. The first kappa shape index (κ1) is 20.1. The zero-order chi connectivity index (χ0) is 20.6. The number of hydrogen-bond donors (Lipinski definition) is 4. The molecule has 0 aliphatic carbocycles. The van der Waals surface area contributed by atoms with E-state index >= 15 is 0 Å². The summed E-state index contributed by atoms with van der Waals surface area (Å²) in [5.41, 5.74) is 1.86. The number of urea groups is 1. The number of anilines is 4. The minimum Gasteiger partial charge on any atom is -0.354 e. The Morgan fingerprint density at radius 1 is 1.03 bits per heavy atom. The van der Waals surface area contributed by atoms with E-state index in [9.17, 15) is 9.59 Å². The number of nitrogens with zero attached hydrogens (tertiary/aromatic N) is 2. The molecular formula is C20H19ClN6O2. The van der Waals surface area contributed by atoms with Crippen LogP contribution >= 0.6 is 11.6 Å². The largest absolute Gasteiger partial charge is 0.354 e. The molecule has 3 aromatic rings. The molecule has 2 aromatic heterocycles. The fourth-order valence-corrected chi connectivity index (χ4v) is 2.65. The van der Waals surface area contributed by atoms with Crippen molar-refractivity contribution in [3.63, 3.8) is 0 Å². The van der Waals surface area contributed by atoms with Gasteiger partial charge in [0.1, 0.15) is 5.82 Å². The Hall–Kier alpha value is -3.65.